The van der Waals surface area contributed by atoms with Gasteiger partial charge in [-0.05, 0) is 23.8 Å². The number of urea groups is 1. The highest BCUT2D eigenvalue weighted by atomic mass is 19.1. The number of aromatic nitrogens is 1. The minimum absolute atomic E-state index is 0.255. The van der Waals surface area contributed by atoms with Crippen LogP contribution in [0.1, 0.15) is 25.1 Å². The average Bonchev–Trinajstić information content (AvgIpc) is 2.54. The Balaban J connectivity index is 1.78. The van der Waals surface area contributed by atoms with E-state index in [4.69, 9.17) is 0 Å². The quantitative estimate of drug-likeness (QED) is 0.861. The molecule has 0 spiro atoms. The molecule has 0 aliphatic rings. The summed E-state index contributed by atoms with van der Waals surface area (Å²) in [6.45, 7) is 4.66. The van der Waals surface area contributed by atoms with Crippen LogP contribution < -0.4 is 10.6 Å². The van der Waals surface area contributed by atoms with Crippen LogP contribution in [-0.2, 0) is 11.8 Å². The van der Waals surface area contributed by atoms with Crippen LogP contribution in [0.15, 0.2) is 48.7 Å². The molecule has 2 aromatic rings. The summed E-state index contributed by atoms with van der Waals surface area (Å²) >= 11 is 0. The predicted molar refractivity (Wildman–Crippen MR) is 88.8 cm³/mol. The van der Waals surface area contributed by atoms with E-state index in [1.54, 1.807) is 24.4 Å². The number of amides is 2. The van der Waals surface area contributed by atoms with Crippen molar-refractivity contribution < 1.29 is 9.18 Å². The van der Waals surface area contributed by atoms with Crippen LogP contribution >= 0.6 is 0 Å². The fourth-order valence-electron chi connectivity index (χ4n) is 2.32. The van der Waals surface area contributed by atoms with E-state index < -0.39 is 5.41 Å². The Bertz CT molecular complexity index is 644. The summed E-state index contributed by atoms with van der Waals surface area (Å²) in [6, 6.07) is 12.1. The number of nitrogens with zero attached hydrogens (tertiary/aromatic N) is 1. The molecule has 2 rings (SSSR count). The van der Waals surface area contributed by atoms with Gasteiger partial charge < -0.3 is 10.6 Å². The Morgan fingerprint density at radius 1 is 1.13 bits per heavy atom. The first-order chi connectivity index (χ1) is 11.0. The highest BCUT2D eigenvalue weighted by molar-refractivity contribution is 5.73. The molecule has 0 saturated heterocycles. The summed E-state index contributed by atoms with van der Waals surface area (Å²) in [6.07, 6.45) is 2.40. The number of nitrogens with one attached hydrogen (secondary N) is 2. The second-order valence-corrected chi connectivity index (χ2v) is 6.04. The molecule has 0 fully saturated rings. The fraction of sp³-hybridized carbons (Fsp3) is 0.333. The van der Waals surface area contributed by atoms with Gasteiger partial charge >= 0.3 is 6.03 Å². The van der Waals surface area contributed by atoms with Crippen molar-refractivity contribution >= 4 is 6.03 Å². The molecule has 1 heterocycles. The van der Waals surface area contributed by atoms with Gasteiger partial charge in [-0.25, -0.2) is 9.18 Å². The molecule has 1 aromatic heterocycles. The van der Waals surface area contributed by atoms with Gasteiger partial charge in [0, 0.05) is 36.8 Å². The van der Waals surface area contributed by atoms with Gasteiger partial charge in [-0.3, -0.25) is 4.98 Å². The number of carbonyl (C=O) groups excluding carboxylic acids is 1. The Morgan fingerprint density at radius 2 is 1.87 bits per heavy atom. The van der Waals surface area contributed by atoms with Crippen molar-refractivity contribution in [2.75, 3.05) is 13.1 Å². The molecule has 0 atom stereocenters. The van der Waals surface area contributed by atoms with E-state index in [0.29, 0.717) is 25.1 Å². The van der Waals surface area contributed by atoms with E-state index >= 15 is 0 Å². The van der Waals surface area contributed by atoms with Crippen LogP contribution in [0.5, 0.6) is 0 Å². The zero-order chi connectivity index (χ0) is 16.7. The maximum atomic E-state index is 13.9. The topological polar surface area (TPSA) is 54.0 Å². The van der Waals surface area contributed by atoms with Gasteiger partial charge in [-0.15, -0.1) is 0 Å². The van der Waals surface area contributed by atoms with Crippen LogP contribution in [0.2, 0.25) is 0 Å². The SMILES string of the molecule is CC(C)(CNC(=O)NCCc1ccccn1)c1ccccc1F. The first-order valence-corrected chi connectivity index (χ1v) is 7.66. The maximum Gasteiger partial charge on any atom is 0.314 e. The molecule has 0 unspecified atom stereocenters. The average molecular weight is 315 g/mol. The molecule has 0 saturated carbocycles. The van der Waals surface area contributed by atoms with Crippen LogP contribution in [0, 0.1) is 5.82 Å². The molecule has 1 aromatic carbocycles. The van der Waals surface area contributed by atoms with Gasteiger partial charge in [0.05, 0.1) is 0 Å². The van der Waals surface area contributed by atoms with Gasteiger partial charge in [0.25, 0.3) is 0 Å². The molecule has 0 radical (unpaired) electrons. The van der Waals surface area contributed by atoms with E-state index in [0.717, 1.165) is 5.69 Å². The van der Waals surface area contributed by atoms with Gasteiger partial charge in [0.1, 0.15) is 5.82 Å². The lowest BCUT2D eigenvalue weighted by Crippen LogP contribution is -2.43. The third kappa shape index (κ3) is 5.06. The van der Waals surface area contributed by atoms with E-state index in [2.05, 4.69) is 15.6 Å². The second kappa shape index (κ2) is 7.72. The Hall–Kier alpha value is -2.43. The number of pyridine rings is 1. The third-order valence-corrected chi connectivity index (χ3v) is 3.69. The number of carbonyl (C=O) groups is 1. The molecule has 23 heavy (non-hydrogen) atoms. The van der Waals surface area contributed by atoms with Gasteiger partial charge in [0.2, 0.25) is 0 Å². The van der Waals surface area contributed by atoms with Gasteiger partial charge in [-0.1, -0.05) is 38.1 Å². The third-order valence-electron chi connectivity index (χ3n) is 3.69. The minimum Gasteiger partial charge on any atom is -0.338 e. The van der Waals surface area contributed by atoms with Crippen LogP contribution in [0.25, 0.3) is 0 Å². The molecule has 5 heteroatoms. The summed E-state index contributed by atoms with van der Waals surface area (Å²) in [7, 11) is 0. The molecule has 2 amide bonds. The smallest absolute Gasteiger partial charge is 0.314 e. The standard InChI is InChI=1S/C18H22FN3O/c1-18(2,15-8-3-4-9-16(15)19)13-22-17(23)21-12-10-14-7-5-6-11-20-14/h3-9,11H,10,12-13H2,1-2H3,(H2,21,22,23). The van der Waals surface area contributed by atoms with Crippen LogP contribution in [0.3, 0.4) is 0 Å². The number of halogens is 1. The van der Waals surface area contributed by atoms with E-state index in [9.17, 15) is 9.18 Å². The Morgan fingerprint density at radius 3 is 2.57 bits per heavy atom. The highest BCUT2D eigenvalue weighted by Crippen LogP contribution is 2.24. The Labute approximate surface area is 136 Å². The van der Waals surface area contributed by atoms with Crippen molar-refractivity contribution in [3.05, 3.63) is 65.7 Å². The number of hydrogen-bond donors (Lipinski definition) is 2. The predicted octanol–water partition coefficient (Wildman–Crippen LogP) is 3.04. The fourth-order valence-corrected chi connectivity index (χ4v) is 2.32. The molecule has 0 aliphatic heterocycles. The summed E-state index contributed by atoms with van der Waals surface area (Å²) in [5.74, 6) is -0.255. The zero-order valence-corrected chi connectivity index (χ0v) is 13.5. The molecule has 2 N–H and O–H groups in total. The van der Waals surface area contributed by atoms with Crippen LogP contribution in [0.4, 0.5) is 9.18 Å². The van der Waals surface area contributed by atoms with Crippen molar-refractivity contribution in [1.82, 2.24) is 15.6 Å². The van der Waals surface area contributed by atoms with Crippen molar-refractivity contribution in [2.45, 2.75) is 25.7 Å². The summed E-state index contributed by atoms with van der Waals surface area (Å²) in [5.41, 5.74) is 1.04. The van der Waals surface area contributed by atoms with Crippen molar-refractivity contribution in [3.63, 3.8) is 0 Å². The lowest BCUT2D eigenvalue weighted by Gasteiger charge is -2.26. The largest absolute Gasteiger partial charge is 0.338 e. The first-order valence-electron chi connectivity index (χ1n) is 7.66. The number of hydrogen-bond acceptors (Lipinski definition) is 2. The summed E-state index contributed by atoms with van der Waals surface area (Å²) < 4.78 is 13.9. The molecule has 0 aliphatic carbocycles. The molecular weight excluding hydrogens is 293 g/mol. The number of rotatable bonds is 6. The number of benzene rings is 1. The van der Waals surface area contributed by atoms with Crippen LogP contribution in [-0.4, -0.2) is 24.1 Å². The van der Waals surface area contributed by atoms with Gasteiger partial charge in [-0.2, -0.15) is 0 Å². The highest BCUT2D eigenvalue weighted by Gasteiger charge is 2.24. The van der Waals surface area contributed by atoms with E-state index in [1.165, 1.54) is 6.07 Å². The first kappa shape index (κ1) is 16.9. The molecule has 122 valence electrons. The second-order valence-electron chi connectivity index (χ2n) is 6.04. The van der Waals surface area contributed by atoms with Crippen molar-refractivity contribution in [1.29, 1.82) is 0 Å². The molecule has 0 bridgehead atoms. The zero-order valence-electron chi connectivity index (χ0n) is 13.5. The lowest BCUT2D eigenvalue weighted by molar-refractivity contribution is 0.238. The summed E-state index contributed by atoms with van der Waals surface area (Å²) in [4.78, 5) is 16.1. The van der Waals surface area contributed by atoms with Crippen molar-refractivity contribution in [2.24, 2.45) is 0 Å². The minimum atomic E-state index is -0.482. The maximum absolute atomic E-state index is 13.9. The normalized spacial score (nSPS) is 11.1. The van der Waals surface area contributed by atoms with E-state index in [1.807, 2.05) is 32.0 Å². The molecule has 4 nitrogen and oxygen atoms in total. The lowest BCUT2D eigenvalue weighted by atomic mass is 9.84. The van der Waals surface area contributed by atoms with Crippen molar-refractivity contribution in [3.8, 4) is 0 Å². The summed E-state index contributed by atoms with van der Waals surface area (Å²) in [5, 5.41) is 5.58. The molecular formula is C18H22FN3O. The Kier molecular flexibility index (Phi) is 5.68. The van der Waals surface area contributed by atoms with Gasteiger partial charge in [0.15, 0.2) is 0 Å². The monoisotopic (exact) mass is 315 g/mol. The van der Waals surface area contributed by atoms with E-state index in [-0.39, 0.29) is 11.8 Å².